The van der Waals surface area contributed by atoms with Gasteiger partial charge in [-0.15, -0.1) is 0 Å². The first-order chi connectivity index (χ1) is 10.4. The Labute approximate surface area is 133 Å². The van der Waals surface area contributed by atoms with Crippen LogP contribution in [0, 0.1) is 22.7 Å². The highest BCUT2D eigenvalue weighted by molar-refractivity contribution is 5.69. The molecule has 2 aliphatic rings. The Morgan fingerprint density at radius 2 is 2.09 bits per heavy atom. The lowest BCUT2D eigenvalue weighted by Crippen LogP contribution is -2.55. The Bertz CT molecular complexity index is 420. The van der Waals surface area contributed by atoms with Crippen molar-refractivity contribution in [2.75, 3.05) is 19.6 Å². The number of nitrogens with zero attached hydrogens (tertiary/aromatic N) is 2. The van der Waals surface area contributed by atoms with Crippen LogP contribution in [0.3, 0.4) is 0 Å². The average molecular weight is 307 g/mol. The molecule has 0 saturated heterocycles. The molecule has 5 nitrogen and oxygen atoms in total. The van der Waals surface area contributed by atoms with Crippen LogP contribution in [0.2, 0.25) is 0 Å². The van der Waals surface area contributed by atoms with Crippen molar-refractivity contribution < 1.29 is 9.90 Å². The maximum Gasteiger partial charge on any atom is 0.317 e. The number of rotatable bonds is 10. The van der Waals surface area contributed by atoms with Crippen LogP contribution in [0.4, 0.5) is 0 Å². The normalized spacial score (nSPS) is 24.8. The van der Waals surface area contributed by atoms with Gasteiger partial charge in [0.15, 0.2) is 0 Å². The maximum atomic E-state index is 11.0. The summed E-state index contributed by atoms with van der Waals surface area (Å²) in [7, 11) is 0. The number of aliphatic carboxylic acids is 1. The van der Waals surface area contributed by atoms with Gasteiger partial charge in [0.1, 0.15) is 0 Å². The Hall–Kier alpha value is -1.12. The molecule has 2 rings (SSSR count). The van der Waals surface area contributed by atoms with Crippen molar-refractivity contribution in [2.45, 2.75) is 64.5 Å². The van der Waals surface area contributed by atoms with Gasteiger partial charge in [-0.05, 0) is 43.4 Å². The molecule has 0 aliphatic heterocycles. The van der Waals surface area contributed by atoms with Gasteiger partial charge in [-0.2, -0.15) is 5.26 Å². The zero-order valence-electron chi connectivity index (χ0n) is 13.8. The van der Waals surface area contributed by atoms with Crippen LogP contribution in [0.15, 0.2) is 0 Å². The molecule has 2 saturated carbocycles. The molecule has 2 aliphatic carbocycles. The maximum absolute atomic E-state index is 11.0. The van der Waals surface area contributed by atoms with Gasteiger partial charge in [0.25, 0.3) is 0 Å². The minimum absolute atomic E-state index is 0.148. The summed E-state index contributed by atoms with van der Waals surface area (Å²) in [6.45, 7) is 6.45. The molecule has 0 aromatic carbocycles. The third-order valence-electron chi connectivity index (χ3n) is 4.94. The van der Waals surface area contributed by atoms with E-state index in [2.05, 4.69) is 30.1 Å². The van der Waals surface area contributed by atoms with Gasteiger partial charge >= 0.3 is 5.97 Å². The Morgan fingerprint density at radius 3 is 2.64 bits per heavy atom. The van der Waals surface area contributed by atoms with Crippen molar-refractivity contribution >= 4 is 5.97 Å². The molecule has 0 heterocycles. The van der Waals surface area contributed by atoms with Gasteiger partial charge in [0, 0.05) is 31.6 Å². The summed E-state index contributed by atoms with van der Waals surface area (Å²) in [5, 5.41) is 21.3. The second-order valence-electron chi connectivity index (χ2n) is 7.79. The number of carboxylic acids is 1. The summed E-state index contributed by atoms with van der Waals surface area (Å²) in [6.07, 6.45) is 6.15. The monoisotopic (exact) mass is 307 g/mol. The highest BCUT2D eigenvalue weighted by Crippen LogP contribution is 2.34. The van der Waals surface area contributed by atoms with Gasteiger partial charge in [-0.25, -0.2) is 0 Å². The van der Waals surface area contributed by atoms with Gasteiger partial charge in [-0.3, -0.25) is 9.69 Å². The molecule has 0 spiro atoms. The van der Waals surface area contributed by atoms with Crippen LogP contribution in [0.5, 0.6) is 0 Å². The number of carboxylic acid groups (broad SMARTS) is 1. The van der Waals surface area contributed by atoms with Crippen molar-refractivity contribution in [3.05, 3.63) is 0 Å². The minimum atomic E-state index is -0.713. The summed E-state index contributed by atoms with van der Waals surface area (Å²) in [5.74, 6) is 0.0194. The van der Waals surface area contributed by atoms with Gasteiger partial charge in [0.05, 0.1) is 12.6 Å². The first-order valence-corrected chi connectivity index (χ1v) is 8.46. The van der Waals surface area contributed by atoms with Crippen LogP contribution in [-0.4, -0.2) is 47.7 Å². The third kappa shape index (κ3) is 5.58. The summed E-state index contributed by atoms with van der Waals surface area (Å²) >= 11 is 0. The third-order valence-corrected chi connectivity index (χ3v) is 4.94. The van der Waals surface area contributed by atoms with Crippen molar-refractivity contribution in [2.24, 2.45) is 11.3 Å². The predicted octanol–water partition coefficient (Wildman–Crippen LogP) is 2.23. The lowest BCUT2D eigenvalue weighted by molar-refractivity contribution is -0.139. The molecule has 0 amide bonds. The molecule has 0 bridgehead atoms. The van der Waals surface area contributed by atoms with E-state index in [-0.39, 0.29) is 12.0 Å². The van der Waals surface area contributed by atoms with Crippen molar-refractivity contribution in [1.82, 2.24) is 10.2 Å². The average Bonchev–Trinajstić information content (AvgIpc) is 3.17. The first-order valence-electron chi connectivity index (χ1n) is 8.46. The summed E-state index contributed by atoms with van der Waals surface area (Å²) in [6, 6.07) is 3.14. The van der Waals surface area contributed by atoms with E-state index < -0.39 is 5.97 Å². The van der Waals surface area contributed by atoms with Gasteiger partial charge in [0.2, 0.25) is 0 Å². The molecule has 0 aromatic heterocycles. The Kier molecular flexibility index (Phi) is 5.82. The zero-order chi connectivity index (χ0) is 16.2. The fourth-order valence-corrected chi connectivity index (χ4v) is 3.10. The molecule has 2 N–H and O–H groups in total. The fraction of sp³-hybridized carbons (Fsp3) is 0.882. The van der Waals surface area contributed by atoms with E-state index in [4.69, 9.17) is 10.4 Å². The van der Waals surface area contributed by atoms with Gasteiger partial charge in [-0.1, -0.05) is 13.8 Å². The van der Waals surface area contributed by atoms with Crippen molar-refractivity contribution in [1.29, 1.82) is 5.26 Å². The number of hydrogen-bond donors (Lipinski definition) is 2. The zero-order valence-corrected chi connectivity index (χ0v) is 13.8. The van der Waals surface area contributed by atoms with Crippen LogP contribution in [-0.2, 0) is 4.79 Å². The largest absolute Gasteiger partial charge is 0.480 e. The molecule has 5 heteroatoms. The topological polar surface area (TPSA) is 76.4 Å². The first kappa shape index (κ1) is 17.2. The second-order valence-corrected chi connectivity index (χ2v) is 7.79. The lowest BCUT2D eigenvalue weighted by Gasteiger charge is -2.44. The van der Waals surface area contributed by atoms with E-state index >= 15 is 0 Å². The summed E-state index contributed by atoms with van der Waals surface area (Å²) in [4.78, 5) is 13.2. The number of nitrogens with one attached hydrogen (secondary N) is 1. The Balaban J connectivity index is 1.68. The second kappa shape index (κ2) is 7.43. The highest BCUT2D eigenvalue weighted by atomic mass is 16.4. The smallest absolute Gasteiger partial charge is 0.317 e. The SMILES string of the molecule is CC(C)(CCC#N)CNC1CC(N(CC(=O)O)CC2CC2)C1. The predicted molar refractivity (Wildman–Crippen MR) is 85.4 cm³/mol. The molecule has 22 heavy (non-hydrogen) atoms. The summed E-state index contributed by atoms with van der Waals surface area (Å²) in [5.41, 5.74) is 0.148. The molecular weight excluding hydrogens is 278 g/mol. The van der Waals surface area contributed by atoms with E-state index in [0.29, 0.717) is 18.5 Å². The van der Waals surface area contributed by atoms with Crippen LogP contribution >= 0.6 is 0 Å². The molecule has 0 aromatic rings. The Morgan fingerprint density at radius 1 is 1.41 bits per heavy atom. The quantitative estimate of drug-likeness (QED) is 0.647. The van der Waals surface area contributed by atoms with E-state index in [1.807, 2.05) is 0 Å². The minimum Gasteiger partial charge on any atom is -0.480 e. The number of hydrogen-bond acceptors (Lipinski definition) is 4. The lowest BCUT2D eigenvalue weighted by atomic mass is 9.82. The fourth-order valence-electron chi connectivity index (χ4n) is 3.10. The molecular formula is C17H29N3O2. The van der Waals surface area contributed by atoms with E-state index in [1.165, 1.54) is 12.8 Å². The van der Waals surface area contributed by atoms with Gasteiger partial charge < -0.3 is 10.4 Å². The van der Waals surface area contributed by atoms with E-state index in [0.717, 1.165) is 38.3 Å². The highest BCUT2D eigenvalue weighted by Gasteiger charge is 2.37. The number of carbonyl (C=O) groups is 1. The van der Waals surface area contributed by atoms with Crippen LogP contribution < -0.4 is 5.32 Å². The molecule has 0 radical (unpaired) electrons. The molecule has 0 atom stereocenters. The number of nitriles is 1. The van der Waals surface area contributed by atoms with Crippen molar-refractivity contribution in [3.63, 3.8) is 0 Å². The van der Waals surface area contributed by atoms with E-state index in [1.54, 1.807) is 0 Å². The molecule has 124 valence electrons. The van der Waals surface area contributed by atoms with Crippen LogP contribution in [0.1, 0.15) is 52.4 Å². The standard InChI is InChI=1S/C17H29N3O2/c1-17(2,6-3-7-18)12-19-14-8-15(9-14)20(11-16(21)22)10-13-4-5-13/h13-15,19H,3-6,8-12H2,1-2H3,(H,21,22). The molecule has 0 unspecified atom stereocenters. The molecule has 2 fully saturated rings. The van der Waals surface area contributed by atoms with Crippen molar-refractivity contribution in [3.8, 4) is 6.07 Å². The summed E-state index contributed by atoms with van der Waals surface area (Å²) < 4.78 is 0. The van der Waals surface area contributed by atoms with E-state index in [9.17, 15) is 4.79 Å². The van der Waals surface area contributed by atoms with Crippen LogP contribution in [0.25, 0.3) is 0 Å².